The van der Waals surface area contributed by atoms with Gasteiger partial charge in [-0.25, -0.2) is 4.79 Å². The van der Waals surface area contributed by atoms with Crippen molar-refractivity contribution < 1.29 is 9.59 Å². The molecule has 1 atom stereocenters. The Hall–Kier alpha value is -1.58. The van der Waals surface area contributed by atoms with E-state index in [1.54, 1.807) is 6.29 Å². The van der Waals surface area contributed by atoms with E-state index >= 15 is 0 Å². The number of hydrogen-bond donors (Lipinski definition) is 2. The molecule has 0 saturated heterocycles. The van der Waals surface area contributed by atoms with Crippen LogP contribution in [0, 0.1) is 0 Å². The minimum atomic E-state index is -0.755. The second kappa shape index (κ2) is 6.15. The van der Waals surface area contributed by atoms with E-state index in [1.165, 1.54) is 12.2 Å². The number of nitrogens with one attached hydrogen (secondary N) is 2. The van der Waals surface area contributed by atoms with E-state index in [1.807, 2.05) is 0 Å². The Labute approximate surface area is 71.3 Å². The average Bonchev–Trinajstić information content (AvgIpc) is 2.10. The summed E-state index contributed by atoms with van der Waals surface area (Å²) >= 11 is 0. The zero-order valence-corrected chi connectivity index (χ0v) is 6.67. The molecule has 0 aliphatic carbocycles. The van der Waals surface area contributed by atoms with E-state index in [-0.39, 0.29) is 0 Å². The van der Waals surface area contributed by atoms with E-state index in [4.69, 9.17) is 0 Å². The van der Waals surface area contributed by atoms with Crippen LogP contribution < -0.4 is 10.6 Å². The van der Waals surface area contributed by atoms with Crippen LogP contribution in [0.4, 0.5) is 4.79 Å². The lowest BCUT2D eigenvalue weighted by Crippen LogP contribution is -2.41. The van der Waals surface area contributed by atoms with Crippen LogP contribution in [0.3, 0.4) is 0 Å². The van der Waals surface area contributed by atoms with Crippen molar-refractivity contribution in [3.05, 3.63) is 25.3 Å². The molecule has 0 aliphatic rings. The topological polar surface area (TPSA) is 58.2 Å². The fourth-order valence-corrected chi connectivity index (χ4v) is 0.494. The van der Waals surface area contributed by atoms with Crippen LogP contribution >= 0.6 is 0 Å². The quantitative estimate of drug-likeness (QED) is 0.572. The second-order valence-corrected chi connectivity index (χ2v) is 1.97. The van der Waals surface area contributed by atoms with Gasteiger partial charge in [-0.2, -0.15) is 0 Å². The van der Waals surface area contributed by atoms with E-state index in [0.717, 1.165) is 0 Å². The summed E-state index contributed by atoms with van der Waals surface area (Å²) in [5.41, 5.74) is 0. The first-order chi connectivity index (χ1) is 5.74. The van der Waals surface area contributed by atoms with E-state index in [0.29, 0.717) is 6.54 Å². The fraction of sp³-hybridized carbons (Fsp3) is 0.250. The van der Waals surface area contributed by atoms with Gasteiger partial charge in [0, 0.05) is 6.54 Å². The van der Waals surface area contributed by atoms with Crippen LogP contribution in [0.2, 0.25) is 0 Å². The van der Waals surface area contributed by atoms with Crippen molar-refractivity contribution in [3.63, 3.8) is 0 Å². The third-order valence-corrected chi connectivity index (χ3v) is 1.06. The lowest BCUT2D eigenvalue weighted by Gasteiger charge is -2.07. The van der Waals surface area contributed by atoms with Gasteiger partial charge in [-0.1, -0.05) is 12.2 Å². The molecule has 0 bridgehead atoms. The zero-order chi connectivity index (χ0) is 9.40. The summed E-state index contributed by atoms with van der Waals surface area (Å²) in [7, 11) is 0. The van der Waals surface area contributed by atoms with Gasteiger partial charge in [0.15, 0.2) is 0 Å². The summed E-state index contributed by atoms with van der Waals surface area (Å²) in [6, 6.07) is -1.20. The van der Waals surface area contributed by atoms with Gasteiger partial charge in [0.1, 0.15) is 6.04 Å². The molecule has 0 heterocycles. The maximum Gasteiger partial charge on any atom is 0.315 e. The smallest absolute Gasteiger partial charge is 0.315 e. The van der Waals surface area contributed by atoms with Crippen molar-refractivity contribution >= 4 is 12.3 Å². The van der Waals surface area contributed by atoms with Crippen LogP contribution in [0.25, 0.3) is 0 Å². The predicted molar refractivity (Wildman–Crippen MR) is 46.4 cm³/mol. The van der Waals surface area contributed by atoms with Crippen LogP contribution in [0.1, 0.15) is 0 Å². The molecule has 0 aliphatic heterocycles. The Morgan fingerprint density at radius 3 is 2.67 bits per heavy atom. The molecule has 0 aromatic heterocycles. The molecule has 2 N–H and O–H groups in total. The maximum atomic E-state index is 10.8. The number of urea groups is 1. The first-order valence-corrected chi connectivity index (χ1v) is 3.40. The molecular formula is C8H11N2O2. The Balaban J connectivity index is 3.73. The summed E-state index contributed by atoms with van der Waals surface area (Å²) < 4.78 is 0. The highest BCUT2D eigenvalue weighted by molar-refractivity contribution is 5.79. The predicted octanol–water partition coefficient (Wildman–Crippen LogP) is 0.136. The highest BCUT2D eigenvalue weighted by Gasteiger charge is 2.05. The normalized spacial score (nSPS) is 11.0. The molecule has 4 nitrogen and oxygen atoms in total. The Morgan fingerprint density at radius 1 is 1.58 bits per heavy atom. The molecule has 12 heavy (non-hydrogen) atoms. The van der Waals surface area contributed by atoms with E-state index in [2.05, 4.69) is 23.8 Å². The van der Waals surface area contributed by atoms with Crippen molar-refractivity contribution in [2.24, 2.45) is 0 Å². The lowest BCUT2D eigenvalue weighted by atomic mass is 10.3. The number of carbonyl (C=O) groups excluding carboxylic acids is 2. The van der Waals surface area contributed by atoms with Crippen LogP contribution in [-0.2, 0) is 4.79 Å². The summed E-state index contributed by atoms with van der Waals surface area (Å²) in [5, 5.41) is 4.75. The Kier molecular flexibility index (Phi) is 5.34. The van der Waals surface area contributed by atoms with Crippen LogP contribution in [0.5, 0.6) is 0 Å². The van der Waals surface area contributed by atoms with Gasteiger partial charge in [-0.15, -0.1) is 13.2 Å². The summed E-state index contributed by atoms with van der Waals surface area (Å²) in [4.78, 5) is 20.9. The maximum absolute atomic E-state index is 10.8. The summed E-state index contributed by atoms with van der Waals surface area (Å²) in [6.45, 7) is 7.11. The van der Waals surface area contributed by atoms with Crippen molar-refractivity contribution in [1.29, 1.82) is 0 Å². The van der Waals surface area contributed by atoms with Gasteiger partial charge in [0.2, 0.25) is 6.29 Å². The molecule has 1 unspecified atom stereocenters. The fourth-order valence-electron chi connectivity index (χ4n) is 0.494. The third-order valence-electron chi connectivity index (χ3n) is 1.06. The highest BCUT2D eigenvalue weighted by atomic mass is 16.2. The highest BCUT2D eigenvalue weighted by Crippen LogP contribution is 1.78. The van der Waals surface area contributed by atoms with Gasteiger partial charge < -0.3 is 10.6 Å². The standard InChI is InChI=1S/C8H11N2O2/c1-3-5-9-8(12)10-7(4-2)6-11/h3-4,7H,1-2,5H2,(H2,9,10,12). The molecule has 0 aromatic rings. The van der Waals surface area contributed by atoms with Gasteiger partial charge >= 0.3 is 6.03 Å². The molecule has 65 valence electrons. The summed E-state index contributed by atoms with van der Waals surface area (Å²) in [5.74, 6) is 0. The van der Waals surface area contributed by atoms with Crippen LogP contribution in [0.15, 0.2) is 25.3 Å². The SMILES string of the molecule is C=CCNC(=O)NC([C]=O)C=C. The van der Waals surface area contributed by atoms with Gasteiger partial charge in [-0.3, -0.25) is 4.79 Å². The van der Waals surface area contributed by atoms with Gasteiger partial charge in [-0.05, 0) is 0 Å². The molecule has 2 amide bonds. The average molecular weight is 167 g/mol. The molecule has 0 rings (SSSR count). The zero-order valence-electron chi connectivity index (χ0n) is 6.67. The largest absolute Gasteiger partial charge is 0.335 e. The Morgan fingerprint density at radius 2 is 2.25 bits per heavy atom. The van der Waals surface area contributed by atoms with Crippen molar-refractivity contribution in [3.8, 4) is 0 Å². The minimum Gasteiger partial charge on any atom is -0.335 e. The number of carbonyl (C=O) groups is 1. The van der Waals surface area contributed by atoms with Gasteiger partial charge in [0.05, 0.1) is 0 Å². The monoisotopic (exact) mass is 167 g/mol. The minimum absolute atomic E-state index is 0.356. The van der Waals surface area contributed by atoms with Gasteiger partial charge in [0.25, 0.3) is 0 Å². The van der Waals surface area contributed by atoms with Crippen molar-refractivity contribution in [1.82, 2.24) is 10.6 Å². The van der Waals surface area contributed by atoms with Crippen molar-refractivity contribution in [2.75, 3.05) is 6.54 Å². The number of rotatable bonds is 5. The Bertz CT molecular complexity index is 181. The first-order valence-electron chi connectivity index (χ1n) is 3.40. The van der Waals surface area contributed by atoms with E-state index < -0.39 is 12.1 Å². The third kappa shape index (κ3) is 4.27. The molecule has 0 saturated carbocycles. The molecular weight excluding hydrogens is 156 g/mol. The second-order valence-electron chi connectivity index (χ2n) is 1.97. The first kappa shape index (κ1) is 10.4. The van der Waals surface area contributed by atoms with Crippen molar-refractivity contribution in [2.45, 2.75) is 6.04 Å². The molecule has 1 radical (unpaired) electrons. The molecule has 0 aromatic carbocycles. The number of amides is 2. The lowest BCUT2D eigenvalue weighted by molar-refractivity contribution is 0.241. The van der Waals surface area contributed by atoms with E-state index in [9.17, 15) is 9.59 Å². The number of hydrogen-bond acceptors (Lipinski definition) is 2. The molecule has 0 spiro atoms. The molecule has 0 fully saturated rings. The molecule has 4 heteroatoms. The van der Waals surface area contributed by atoms with Crippen LogP contribution in [-0.4, -0.2) is 24.9 Å². The summed E-state index contributed by atoms with van der Waals surface area (Å²) in [6.07, 6.45) is 4.42.